The highest BCUT2D eigenvalue weighted by molar-refractivity contribution is 9.10. The van der Waals surface area contributed by atoms with Crippen molar-refractivity contribution in [2.75, 3.05) is 6.61 Å². The van der Waals surface area contributed by atoms with Crippen molar-refractivity contribution in [3.8, 4) is 10.7 Å². The van der Waals surface area contributed by atoms with Crippen LogP contribution < -0.4 is 0 Å². The second-order valence-electron chi connectivity index (χ2n) is 6.74. The molecule has 0 aliphatic carbocycles. The summed E-state index contributed by atoms with van der Waals surface area (Å²) in [5.74, 6) is 0. The molecular weight excluding hydrogens is 539 g/mol. The number of aromatic nitrogens is 5. The predicted molar refractivity (Wildman–Crippen MR) is 111 cm³/mol. The standard InChI is InChI=1S/C17H15BrF3N5O4S2/c18-8-3-7(4-23-14(8)17(19,20)21)32-16-13(29)11(12(28)10(6-27)30-16)26-5-9(24-25-26)15-22-1-2-31-15/h1-5,10-13,16,27-29H,6H2. The maximum absolute atomic E-state index is 12.9. The maximum atomic E-state index is 12.9. The molecule has 3 N–H and O–H groups in total. The lowest BCUT2D eigenvalue weighted by Crippen LogP contribution is -2.55. The smallest absolute Gasteiger partial charge is 0.394 e. The number of aliphatic hydroxyl groups excluding tert-OH is 3. The Morgan fingerprint density at radius 2 is 2.03 bits per heavy atom. The molecule has 9 nitrogen and oxygen atoms in total. The number of thiazole rings is 1. The molecule has 4 heterocycles. The van der Waals surface area contributed by atoms with Gasteiger partial charge in [0.2, 0.25) is 0 Å². The van der Waals surface area contributed by atoms with Gasteiger partial charge in [-0.3, -0.25) is 0 Å². The van der Waals surface area contributed by atoms with Gasteiger partial charge in [-0.2, -0.15) is 13.2 Å². The number of aliphatic hydroxyl groups is 3. The first-order valence-electron chi connectivity index (χ1n) is 9.02. The van der Waals surface area contributed by atoms with Crippen LogP contribution in [0.2, 0.25) is 0 Å². The average molecular weight is 554 g/mol. The van der Waals surface area contributed by atoms with E-state index >= 15 is 0 Å². The zero-order valence-corrected chi connectivity index (χ0v) is 19.0. The Labute approximate surface area is 195 Å². The zero-order valence-electron chi connectivity index (χ0n) is 15.8. The molecule has 1 saturated heterocycles. The summed E-state index contributed by atoms with van der Waals surface area (Å²) in [4.78, 5) is 7.86. The molecule has 32 heavy (non-hydrogen) atoms. The van der Waals surface area contributed by atoms with Crippen molar-refractivity contribution in [3.05, 3.63) is 40.2 Å². The molecule has 5 atom stereocenters. The molecule has 0 amide bonds. The fraction of sp³-hybridized carbons (Fsp3) is 0.412. The normalized spacial score (nSPS) is 26.4. The molecule has 3 aromatic rings. The van der Waals surface area contributed by atoms with Crippen LogP contribution in [0.3, 0.4) is 0 Å². The fourth-order valence-corrected chi connectivity index (χ4v) is 5.55. The van der Waals surface area contributed by atoms with Gasteiger partial charge in [-0.1, -0.05) is 17.0 Å². The highest BCUT2D eigenvalue weighted by atomic mass is 79.9. The van der Waals surface area contributed by atoms with Crippen LogP contribution in [0, 0.1) is 0 Å². The first-order valence-corrected chi connectivity index (χ1v) is 11.6. The SMILES string of the molecule is OCC1OC(Sc2cnc(C(F)(F)F)c(Br)c2)C(O)C(n2cc(-c3nccs3)nn2)C1O. The van der Waals surface area contributed by atoms with Gasteiger partial charge in [-0.05, 0) is 22.0 Å². The summed E-state index contributed by atoms with van der Waals surface area (Å²) in [5, 5.41) is 41.6. The van der Waals surface area contributed by atoms with Crippen LogP contribution in [-0.2, 0) is 10.9 Å². The van der Waals surface area contributed by atoms with Gasteiger partial charge in [-0.15, -0.1) is 16.4 Å². The van der Waals surface area contributed by atoms with Crippen molar-refractivity contribution in [1.29, 1.82) is 0 Å². The van der Waals surface area contributed by atoms with Crippen molar-refractivity contribution >= 4 is 39.0 Å². The molecule has 3 aromatic heterocycles. The van der Waals surface area contributed by atoms with E-state index in [2.05, 4.69) is 36.2 Å². The average Bonchev–Trinajstić information content (AvgIpc) is 3.41. The largest absolute Gasteiger partial charge is 0.434 e. The number of nitrogens with zero attached hydrogens (tertiary/aromatic N) is 5. The van der Waals surface area contributed by atoms with Crippen molar-refractivity contribution in [2.45, 2.75) is 40.9 Å². The summed E-state index contributed by atoms with van der Waals surface area (Å²) in [5.41, 5.74) is -1.68. The summed E-state index contributed by atoms with van der Waals surface area (Å²) in [6.07, 6.45) is -4.24. The summed E-state index contributed by atoms with van der Waals surface area (Å²) < 4.78 is 45.4. The van der Waals surface area contributed by atoms with Gasteiger partial charge >= 0.3 is 6.18 Å². The first kappa shape index (κ1) is 23.5. The second kappa shape index (κ2) is 9.32. The third-order valence-electron chi connectivity index (χ3n) is 4.65. The molecule has 0 radical (unpaired) electrons. The summed E-state index contributed by atoms with van der Waals surface area (Å²) in [6, 6.07) is 0.172. The summed E-state index contributed by atoms with van der Waals surface area (Å²) in [6.45, 7) is -0.551. The van der Waals surface area contributed by atoms with E-state index in [1.54, 1.807) is 11.6 Å². The van der Waals surface area contributed by atoms with Gasteiger partial charge in [0.05, 0.1) is 12.8 Å². The fourth-order valence-electron chi connectivity index (χ4n) is 3.18. The van der Waals surface area contributed by atoms with E-state index in [0.717, 1.165) is 18.0 Å². The van der Waals surface area contributed by atoms with Gasteiger partial charge in [0.1, 0.15) is 40.5 Å². The highest BCUT2D eigenvalue weighted by Gasteiger charge is 2.46. The van der Waals surface area contributed by atoms with Gasteiger partial charge in [-0.25, -0.2) is 14.6 Å². The van der Waals surface area contributed by atoms with Gasteiger partial charge < -0.3 is 20.1 Å². The molecule has 1 fully saturated rings. The number of alkyl halides is 3. The van der Waals surface area contributed by atoms with E-state index in [-0.39, 0.29) is 9.37 Å². The number of pyridine rings is 1. The number of ether oxygens (including phenoxy) is 1. The molecule has 0 aromatic carbocycles. The zero-order chi connectivity index (χ0) is 23.0. The van der Waals surface area contributed by atoms with Crippen LogP contribution >= 0.6 is 39.0 Å². The van der Waals surface area contributed by atoms with Crippen LogP contribution in [0.15, 0.2) is 39.4 Å². The topological polar surface area (TPSA) is 126 Å². The molecular formula is C17H15BrF3N5O4S2. The number of hydrogen-bond acceptors (Lipinski definition) is 10. The van der Waals surface area contributed by atoms with E-state index in [4.69, 9.17) is 4.74 Å². The quantitative estimate of drug-likeness (QED) is 0.436. The lowest BCUT2D eigenvalue weighted by atomic mass is 9.97. The van der Waals surface area contributed by atoms with Crippen LogP contribution in [-0.4, -0.2) is 70.6 Å². The van der Waals surface area contributed by atoms with Crippen LogP contribution in [0.25, 0.3) is 10.7 Å². The highest BCUT2D eigenvalue weighted by Crippen LogP contribution is 2.40. The van der Waals surface area contributed by atoms with Crippen LogP contribution in [0.1, 0.15) is 11.7 Å². The van der Waals surface area contributed by atoms with E-state index in [0.29, 0.717) is 10.7 Å². The Hall–Kier alpha value is -1.62. The molecule has 4 rings (SSSR count). The summed E-state index contributed by atoms with van der Waals surface area (Å²) >= 11 is 5.10. The third-order valence-corrected chi connectivity index (χ3v) is 7.17. The van der Waals surface area contributed by atoms with E-state index in [1.807, 2.05) is 0 Å². The predicted octanol–water partition coefficient (Wildman–Crippen LogP) is 2.35. The second-order valence-corrected chi connectivity index (χ2v) is 9.66. The minimum atomic E-state index is -4.62. The Morgan fingerprint density at radius 1 is 1.25 bits per heavy atom. The summed E-state index contributed by atoms with van der Waals surface area (Å²) in [7, 11) is 0. The Bertz CT molecular complexity index is 1070. The van der Waals surface area contributed by atoms with E-state index in [1.165, 1.54) is 28.3 Å². The van der Waals surface area contributed by atoms with Gasteiger partial charge in [0.25, 0.3) is 0 Å². The molecule has 0 saturated carbocycles. The van der Waals surface area contributed by atoms with Crippen molar-refractivity contribution < 1.29 is 33.2 Å². The molecule has 0 spiro atoms. The molecule has 1 aliphatic heterocycles. The lowest BCUT2D eigenvalue weighted by Gasteiger charge is -2.41. The Balaban J connectivity index is 1.59. The number of halogens is 4. The monoisotopic (exact) mass is 553 g/mol. The molecule has 172 valence electrons. The first-order chi connectivity index (χ1) is 15.2. The number of rotatable bonds is 5. The van der Waals surface area contributed by atoms with Crippen molar-refractivity contribution in [1.82, 2.24) is 25.0 Å². The van der Waals surface area contributed by atoms with Gasteiger partial charge in [0, 0.05) is 27.1 Å². The lowest BCUT2D eigenvalue weighted by molar-refractivity contribution is -0.178. The molecule has 1 aliphatic rings. The maximum Gasteiger partial charge on any atom is 0.434 e. The van der Waals surface area contributed by atoms with Crippen LogP contribution in [0.5, 0.6) is 0 Å². The van der Waals surface area contributed by atoms with E-state index in [9.17, 15) is 28.5 Å². The molecule has 0 bridgehead atoms. The van der Waals surface area contributed by atoms with Crippen LogP contribution in [0.4, 0.5) is 13.2 Å². The number of thioether (sulfide) groups is 1. The Kier molecular flexibility index (Phi) is 6.86. The van der Waals surface area contributed by atoms with Crippen molar-refractivity contribution in [3.63, 3.8) is 0 Å². The van der Waals surface area contributed by atoms with Crippen molar-refractivity contribution in [2.24, 2.45) is 0 Å². The molecule has 5 unspecified atom stereocenters. The minimum Gasteiger partial charge on any atom is -0.394 e. The molecule has 15 heteroatoms. The van der Waals surface area contributed by atoms with Gasteiger partial charge in [0.15, 0.2) is 5.69 Å². The van der Waals surface area contributed by atoms with E-state index < -0.39 is 48.3 Å². The minimum absolute atomic E-state index is 0.264. The number of hydrogen-bond donors (Lipinski definition) is 3. The Morgan fingerprint density at radius 3 is 2.66 bits per heavy atom. The third kappa shape index (κ3) is 4.69.